The third-order valence-electron chi connectivity index (χ3n) is 2.97. The zero-order valence-corrected chi connectivity index (χ0v) is 12.3. The van der Waals surface area contributed by atoms with Gasteiger partial charge in [-0.25, -0.2) is 14.8 Å². The number of amides is 1. The topological polar surface area (TPSA) is 77.0 Å². The molecule has 3 aromatic heterocycles. The van der Waals surface area contributed by atoms with Gasteiger partial charge in [0.1, 0.15) is 5.15 Å². The van der Waals surface area contributed by atoms with E-state index in [2.05, 4.69) is 20.3 Å². The molecule has 6 nitrogen and oxygen atoms in total. The molecule has 0 spiro atoms. The van der Waals surface area contributed by atoms with Gasteiger partial charge in [-0.1, -0.05) is 11.6 Å². The highest BCUT2D eigenvalue weighted by atomic mass is 35.5. The molecule has 3 rings (SSSR count). The standard InChI is InChI=1S/C15H11ClN4O2/c1-17-15(21)22-14-7-9(4-5-18-14)10-6-12-11(19-8-10)2-3-13(16)20-12/h2-8H,1H3,(H,17,21). The van der Waals surface area contributed by atoms with Crippen LogP contribution in [0.3, 0.4) is 0 Å². The number of pyridine rings is 3. The highest BCUT2D eigenvalue weighted by Crippen LogP contribution is 2.24. The van der Waals surface area contributed by atoms with Crippen molar-refractivity contribution in [2.45, 2.75) is 0 Å². The molecule has 0 radical (unpaired) electrons. The molecule has 0 saturated heterocycles. The summed E-state index contributed by atoms with van der Waals surface area (Å²) in [5.41, 5.74) is 3.08. The Labute approximate surface area is 131 Å². The maximum Gasteiger partial charge on any atom is 0.413 e. The molecule has 0 atom stereocenters. The molecule has 0 aromatic carbocycles. The van der Waals surface area contributed by atoms with Gasteiger partial charge >= 0.3 is 6.09 Å². The van der Waals surface area contributed by atoms with Crippen LogP contribution in [-0.4, -0.2) is 28.1 Å². The van der Waals surface area contributed by atoms with E-state index >= 15 is 0 Å². The van der Waals surface area contributed by atoms with Crippen molar-refractivity contribution in [1.82, 2.24) is 20.3 Å². The Balaban J connectivity index is 1.99. The fourth-order valence-electron chi connectivity index (χ4n) is 1.93. The van der Waals surface area contributed by atoms with Gasteiger partial charge in [-0.05, 0) is 29.8 Å². The summed E-state index contributed by atoms with van der Waals surface area (Å²) in [5.74, 6) is 0.205. The van der Waals surface area contributed by atoms with Crippen LogP contribution in [-0.2, 0) is 0 Å². The van der Waals surface area contributed by atoms with Gasteiger partial charge in [-0.2, -0.15) is 0 Å². The molecule has 0 aliphatic heterocycles. The van der Waals surface area contributed by atoms with E-state index in [-0.39, 0.29) is 5.88 Å². The maximum absolute atomic E-state index is 11.2. The number of ether oxygens (including phenoxy) is 1. The quantitative estimate of drug-likeness (QED) is 0.736. The van der Waals surface area contributed by atoms with Gasteiger partial charge < -0.3 is 10.1 Å². The molecule has 110 valence electrons. The third-order valence-corrected chi connectivity index (χ3v) is 3.18. The van der Waals surface area contributed by atoms with Gasteiger partial charge in [0, 0.05) is 31.1 Å². The summed E-state index contributed by atoms with van der Waals surface area (Å²) in [4.78, 5) is 23.8. The summed E-state index contributed by atoms with van der Waals surface area (Å²) < 4.78 is 5.01. The van der Waals surface area contributed by atoms with Crippen molar-refractivity contribution in [2.24, 2.45) is 0 Å². The molecular formula is C15H11ClN4O2. The van der Waals surface area contributed by atoms with Gasteiger partial charge in [-0.15, -0.1) is 0 Å². The highest BCUT2D eigenvalue weighted by Gasteiger charge is 2.07. The molecule has 3 heterocycles. The van der Waals surface area contributed by atoms with Crippen molar-refractivity contribution in [3.8, 4) is 17.0 Å². The smallest absolute Gasteiger partial charge is 0.391 e. The minimum absolute atomic E-state index is 0.205. The lowest BCUT2D eigenvalue weighted by Gasteiger charge is -2.06. The Bertz CT molecular complexity index is 854. The first-order chi connectivity index (χ1) is 10.7. The number of aromatic nitrogens is 3. The zero-order valence-electron chi connectivity index (χ0n) is 11.6. The lowest BCUT2D eigenvalue weighted by Crippen LogP contribution is -2.22. The van der Waals surface area contributed by atoms with Crippen molar-refractivity contribution >= 4 is 28.7 Å². The number of fused-ring (bicyclic) bond motifs is 1. The summed E-state index contributed by atoms with van der Waals surface area (Å²) in [6.07, 6.45) is 2.70. The van der Waals surface area contributed by atoms with Crippen molar-refractivity contribution in [2.75, 3.05) is 7.05 Å². The molecule has 0 unspecified atom stereocenters. The van der Waals surface area contributed by atoms with Crippen molar-refractivity contribution in [3.05, 3.63) is 47.9 Å². The number of rotatable bonds is 2. The van der Waals surface area contributed by atoms with E-state index in [1.807, 2.05) is 6.07 Å². The van der Waals surface area contributed by atoms with Crippen LogP contribution in [0.2, 0.25) is 5.15 Å². The number of carbonyl (C=O) groups excluding carboxylic acids is 1. The fourth-order valence-corrected chi connectivity index (χ4v) is 2.08. The molecule has 3 aromatic rings. The average Bonchev–Trinajstić information content (AvgIpc) is 2.54. The van der Waals surface area contributed by atoms with Gasteiger partial charge in [0.2, 0.25) is 5.88 Å². The van der Waals surface area contributed by atoms with Crippen LogP contribution in [0.15, 0.2) is 42.7 Å². The molecule has 0 bridgehead atoms. The summed E-state index contributed by atoms with van der Waals surface area (Å²) in [5, 5.41) is 2.77. The Kier molecular flexibility index (Phi) is 3.84. The van der Waals surface area contributed by atoms with Gasteiger partial charge in [-0.3, -0.25) is 4.98 Å². The van der Waals surface area contributed by atoms with Gasteiger partial charge in [0.15, 0.2) is 0 Å². The largest absolute Gasteiger partial charge is 0.413 e. The molecule has 0 saturated carbocycles. The minimum atomic E-state index is -0.574. The van der Waals surface area contributed by atoms with Crippen LogP contribution in [0.5, 0.6) is 5.88 Å². The highest BCUT2D eigenvalue weighted by molar-refractivity contribution is 6.29. The number of carbonyl (C=O) groups is 1. The summed E-state index contributed by atoms with van der Waals surface area (Å²) >= 11 is 5.90. The lowest BCUT2D eigenvalue weighted by atomic mass is 10.1. The molecule has 22 heavy (non-hydrogen) atoms. The second-order valence-electron chi connectivity index (χ2n) is 4.42. The second kappa shape index (κ2) is 5.95. The molecule has 0 aliphatic rings. The first-order valence-corrected chi connectivity index (χ1v) is 6.82. The van der Waals surface area contributed by atoms with E-state index in [1.54, 1.807) is 36.7 Å². The molecule has 0 aliphatic carbocycles. The SMILES string of the molecule is CNC(=O)Oc1cc(-c2cnc3ccc(Cl)nc3c2)ccn1. The van der Waals surface area contributed by atoms with E-state index in [9.17, 15) is 4.79 Å². The minimum Gasteiger partial charge on any atom is -0.391 e. The van der Waals surface area contributed by atoms with Crippen molar-refractivity contribution in [1.29, 1.82) is 0 Å². The van der Waals surface area contributed by atoms with Crippen LogP contribution in [0.1, 0.15) is 0 Å². The molecule has 1 amide bonds. The Morgan fingerprint density at radius 3 is 2.82 bits per heavy atom. The average molecular weight is 315 g/mol. The maximum atomic E-state index is 11.2. The number of hydrogen-bond donors (Lipinski definition) is 1. The van der Waals surface area contributed by atoms with E-state index in [0.29, 0.717) is 10.7 Å². The van der Waals surface area contributed by atoms with Crippen LogP contribution in [0.25, 0.3) is 22.2 Å². The third kappa shape index (κ3) is 2.96. The van der Waals surface area contributed by atoms with E-state index < -0.39 is 6.09 Å². The van der Waals surface area contributed by atoms with Crippen molar-refractivity contribution < 1.29 is 9.53 Å². The van der Waals surface area contributed by atoms with E-state index in [4.69, 9.17) is 16.3 Å². The second-order valence-corrected chi connectivity index (χ2v) is 4.81. The first kappa shape index (κ1) is 14.2. The lowest BCUT2D eigenvalue weighted by molar-refractivity contribution is 0.201. The predicted molar refractivity (Wildman–Crippen MR) is 82.9 cm³/mol. The monoisotopic (exact) mass is 314 g/mol. The van der Waals surface area contributed by atoms with E-state index in [1.165, 1.54) is 7.05 Å². The van der Waals surface area contributed by atoms with Gasteiger partial charge in [0.25, 0.3) is 0 Å². The molecule has 7 heteroatoms. The van der Waals surface area contributed by atoms with Crippen LogP contribution in [0, 0.1) is 0 Å². The zero-order chi connectivity index (χ0) is 15.5. The van der Waals surface area contributed by atoms with Crippen LogP contribution >= 0.6 is 11.6 Å². The number of halogens is 1. The molecular weight excluding hydrogens is 304 g/mol. The van der Waals surface area contributed by atoms with Crippen molar-refractivity contribution in [3.63, 3.8) is 0 Å². The Morgan fingerprint density at radius 2 is 2.00 bits per heavy atom. The van der Waals surface area contributed by atoms with Crippen LogP contribution in [0.4, 0.5) is 4.79 Å². The summed E-state index contributed by atoms with van der Waals surface area (Å²) in [7, 11) is 1.48. The van der Waals surface area contributed by atoms with Crippen LogP contribution < -0.4 is 10.1 Å². The Morgan fingerprint density at radius 1 is 1.14 bits per heavy atom. The predicted octanol–water partition coefficient (Wildman–Crippen LogP) is 3.06. The normalized spacial score (nSPS) is 10.5. The van der Waals surface area contributed by atoms with E-state index in [0.717, 1.165) is 16.6 Å². The van der Waals surface area contributed by atoms with Gasteiger partial charge in [0.05, 0.1) is 11.0 Å². The fraction of sp³-hybridized carbons (Fsp3) is 0.0667. The number of hydrogen-bond acceptors (Lipinski definition) is 5. The molecule has 1 N–H and O–H groups in total. The summed E-state index contributed by atoms with van der Waals surface area (Å²) in [6, 6.07) is 8.82. The molecule has 0 fully saturated rings. The first-order valence-electron chi connectivity index (χ1n) is 6.44. The Hall–Kier alpha value is -2.73. The summed E-state index contributed by atoms with van der Waals surface area (Å²) in [6.45, 7) is 0. The number of nitrogens with zero attached hydrogens (tertiary/aromatic N) is 3. The number of nitrogens with one attached hydrogen (secondary N) is 1.